The number of carbonyl (C=O) groups excluding carboxylic acids is 1. The third-order valence-corrected chi connectivity index (χ3v) is 2.12. The Morgan fingerprint density at radius 1 is 1.15 bits per heavy atom. The predicted octanol–water partition coefficient (Wildman–Crippen LogP) is 0.869. The lowest BCUT2D eigenvalue weighted by atomic mass is 10.00. The molecule has 1 aliphatic rings. The van der Waals surface area contributed by atoms with Crippen LogP contribution in [0.2, 0.25) is 0 Å². The number of rotatable bonds is 3. The van der Waals surface area contributed by atoms with Crippen LogP contribution < -0.4 is 0 Å². The second-order valence-corrected chi connectivity index (χ2v) is 2.85. The highest BCUT2D eigenvalue weighted by Crippen LogP contribution is 2.24. The molecular formula is C9H14O4. The smallest absolute Gasteiger partial charge is 0.203 e. The van der Waals surface area contributed by atoms with Crippen LogP contribution in [0.5, 0.6) is 0 Å². The van der Waals surface area contributed by atoms with Crippen molar-refractivity contribution in [3.63, 3.8) is 0 Å². The molecule has 0 heterocycles. The summed E-state index contributed by atoms with van der Waals surface area (Å²) in [4.78, 5) is 11.4. The lowest BCUT2D eigenvalue weighted by molar-refractivity contribution is -0.122. The van der Waals surface area contributed by atoms with Crippen molar-refractivity contribution < 1.29 is 19.0 Å². The van der Waals surface area contributed by atoms with Gasteiger partial charge in [0.2, 0.25) is 5.78 Å². The molecule has 0 aromatic heterocycles. The van der Waals surface area contributed by atoms with Crippen LogP contribution in [0.15, 0.2) is 11.5 Å². The fraction of sp³-hybridized carbons (Fsp3) is 0.667. The molecule has 0 spiro atoms. The Kier molecular flexibility index (Phi) is 3.31. The maximum Gasteiger partial charge on any atom is 0.203 e. The first-order valence-corrected chi connectivity index (χ1v) is 4.10. The zero-order valence-corrected chi connectivity index (χ0v) is 8.12. The lowest BCUT2D eigenvalue weighted by Gasteiger charge is -2.23. The van der Waals surface area contributed by atoms with E-state index in [0.717, 1.165) is 0 Å². The maximum atomic E-state index is 11.4. The molecule has 0 saturated heterocycles. The summed E-state index contributed by atoms with van der Waals surface area (Å²) in [6.45, 7) is 0. The second kappa shape index (κ2) is 4.28. The molecule has 0 bridgehead atoms. The molecule has 0 N–H and O–H groups in total. The van der Waals surface area contributed by atoms with Crippen LogP contribution >= 0.6 is 0 Å². The van der Waals surface area contributed by atoms with Crippen molar-refractivity contribution in [3.8, 4) is 0 Å². The van der Waals surface area contributed by atoms with Gasteiger partial charge in [0.05, 0.1) is 20.3 Å². The lowest BCUT2D eigenvalue weighted by Crippen LogP contribution is -2.26. The number of ether oxygens (including phenoxy) is 3. The Balaban J connectivity index is 2.85. The van der Waals surface area contributed by atoms with Gasteiger partial charge in [0.15, 0.2) is 5.76 Å². The molecule has 4 nitrogen and oxygen atoms in total. The second-order valence-electron chi connectivity index (χ2n) is 2.85. The van der Waals surface area contributed by atoms with E-state index in [-0.39, 0.29) is 11.9 Å². The van der Waals surface area contributed by atoms with Crippen molar-refractivity contribution in [1.29, 1.82) is 0 Å². The fourth-order valence-corrected chi connectivity index (χ4v) is 1.40. The first-order chi connectivity index (χ1) is 6.22. The van der Waals surface area contributed by atoms with Gasteiger partial charge in [-0.3, -0.25) is 4.79 Å². The SMILES string of the molecule is COC1=C(OC)C(=O)CC(OC)C1. The van der Waals surface area contributed by atoms with Gasteiger partial charge in [0.1, 0.15) is 5.76 Å². The van der Waals surface area contributed by atoms with Gasteiger partial charge in [-0.15, -0.1) is 0 Å². The van der Waals surface area contributed by atoms with Crippen molar-refractivity contribution in [3.05, 3.63) is 11.5 Å². The Morgan fingerprint density at radius 3 is 2.31 bits per heavy atom. The van der Waals surface area contributed by atoms with E-state index in [2.05, 4.69) is 0 Å². The van der Waals surface area contributed by atoms with Gasteiger partial charge in [-0.05, 0) is 0 Å². The van der Waals surface area contributed by atoms with E-state index in [1.165, 1.54) is 14.2 Å². The van der Waals surface area contributed by atoms with E-state index in [9.17, 15) is 4.79 Å². The molecular weight excluding hydrogens is 172 g/mol. The molecule has 4 heteroatoms. The number of ketones is 1. The Morgan fingerprint density at radius 2 is 1.85 bits per heavy atom. The Hall–Kier alpha value is -1.03. The topological polar surface area (TPSA) is 44.8 Å². The number of allylic oxidation sites excluding steroid dienone is 1. The summed E-state index contributed by atoms with van der Waals surface area (Å²) in [5.74, 6) is 0.846. The van der Waals surface area contributed by atoms with Gasteiger partial charge >= 0.3 is 0 Å². The van der Waals surface area contributed by atoms with E-state index in [1.807, 2.05) is 0 Å². The molecule has 0 aliphatic heterocycles. The largest absolute Gasteiger partial charge is 0.497 e. The maximum absolute atomic E-state index is 11.4. The summed E-state index contributed by atoms with van der Waals surface area (Å²) >= 11 is 0. The van der Waals surface area contributed by atoms with Crippen molar-refractivity contribution in [1.82, 2.24) is 0 Å². The van der Waals surface area contributed by atoms with Gasteiger partial charge in [-0.25, -0.2) is 0 Å². The summed E-state index contributed by atoms with van der Waals surface area (Å²) in [7, 11) is 4.59. The van der Waals surface area contributed by atoms with Crippen molar-refractivity contribution in [2.45, 2.75) is 18.9 Å². The van der Waals surface area contributed by atoms with Gasteiger partial charge in [-0.2, -0.15) is 0 Å². The summed E-state index contributed by atoms with van der Waals surface area (Å²) in [5.41, 5.74) is 0. The molecule has 0 aromatic rings. The van der Waals surface area contributed by atoms with Crippen LogP contribution in [-0.4, -0.2) is 33.2 Å². The molecule has 0 aromatic carbocycles. The first kappa shape index (κ1) is 10.1. The molecule has 1 rings (SSSR count). The average molecular weight is 186 g/mol. The van der Waals surface area contributed by atoms with E-state index in [1.54, 1.807) is 7.11 Å². The molecule has 0 saturated carbocycles. The highest BCUT2D eigenvalue weighted by atomic mass is 16.5. The van der Waals surface area contributed by atoms with Crippen molar-refractivity contribution in [2.75, 3.05) is 21.3 Å². The molecule has 0 fully saturated rings. The molecule has 13 heavy (non-hydrogen) atoms. The molecule has 74 valence electrons. The van der Waals surface area contributed by atoms with E-state index in [0.29, 0.717) is 24.4 Å². The number of methoxy groups -OCH3 is 3. The van der Waals surface area contributed by atoms with E-state index >= 15 is 0 Å². The molecule has 1 unspecified atom stereocenters. The van der Waals surface area contributed by atoms with Gasteiger partial charge in [-0.1, -0.05) is 0 Å². The van der Waals surface area contributed by atoms with Crippen LogP contribution in [0.25, 0.3) is 0 Å². The minimum absolute atomic E-state index is 0.0579. The summed E-state index contributed by atoms with van der Waals surface area (Å²) in [6, 6.07) is 0. The van der Waals surface area contributed by atoms with Crippen LogP contribution in [0.3, 0.4) is 0 Å². The van der Waals surface area contributed by atoms with Crippen LogP contribution in [0.1, 0.15) is 12.8 Å². The van der Waals surface area contributed by atoms with Crippen LogP contribution in [0, 0.1) is 0 Å². The minimum atomic E-state index is -0.0821. The van der Waals surface area contributed by atoms with Crippen molar-refractivity contribution >= 4 is 5.78 Å². The normalized spacial score (nSPS) is 23.3. The van der Waals surface area contributed by atoms with Crippen LogP contribution in [-0.2, 0) is 19.0 Å². The number of hydrogen-bond donors (Lipinski definition) is 0. The molecule has 0 radical (unpaired) electrons. The zero-order chi connectivity index (χ0) is 9.84. The fourth-order valence-electron chi connectivity index (χ4n) is 1.40. The first-order valence-electron chi connectivity index (χ1n) is 4.10. The average Bonchev–Trinajstić information content (AvgIpc) is 2.16. The van der Waals surface area contributed by atoms with E-state index < -0.39 is 0 Å². The Labute approximate surface area is 77.5 Å². The van der Waals surface area contributed by atoms with Gasteiger partial charge < -0.3 is 14.2 Å². The summed E-state index contributed by atoms with van der Waals surface area (Å²) < 4.78 is 15.1. The number of hydrogen-bond acceptors (Lipinski definition) is 4. The summed E-state index contributed by atoms with van der Waals surface area (Å²) in [5, 5.41) is 0. The predicted molar refractivity (Wildman–Crippen MR) is 46.1 cm³/mol. The summed E-state index contributed by atoms with van der Waals surface area (Å²) in [6.07, 6.45) is 0.885. The molecule has 1 atom stereocenters. The third kappa shape index (κ3) is 2.01. The Bertz CT molecular complexity index is 232. The van der Waals surface area contributed by atoms with Crippen molar-refractivity contribution in [2.24, 2.45) is 0 Å². The zero-order valence-electron chi connectivity index (χ0n) is 8.12. The number of Topliss-reactive ketones (excluding diaryl/α,β-unsaturated/α-hetero) is 1. The quantitative estimate of drug-likeness (QED) is 0.656. The van der Waals surface area contributed by atoms with Gasteiger partial charge in [0.25, 0.3) is 0 Å². The van der Waals surface area contributed by atoms with Gasteiger partial charge in [0, 0.05) is 20.0 Å². The highest BCUT2D eigenvalue weighted by Gasteiger charge is 2.29. The minimum Gasteiger partial charge on any atom is -0.497 e. The third-order valence-electron chi connectivity index (χ3n) is 2.12. The molecule has 1 aliphatic carbocycles. The standard InChI is InChI=1S/C9H14O4/c1-11-6-4-7(10)9(13-3)8(5-6)12-2/h6H,4-5H2,1-3H3. The monoisotopic (exact) mass is 186 g/mol. The molecule has 0 amide bonds. The highest BCUT2D eigenvalue weighted by molar-refractivity contribution is 5.95. The van der Waals surface area contributed by atoms with E-state index in [4.69, 9.17) is 14.2 Å². The number of carbonyl (C=O) groups is 1. The van der Waals surface area contributed by atoms with Crippen LogP contribution in [0.4, 0.5) is 0 Å².